The summed E-state index contributed by atoms with van der Waals surface area (Å²) >= 11 is 3.77. The Balaban J connectivity index is 2.43. The van der Waals surface area contributed by atoms with E-state index in [9.17, 15) is 0 Å². The van der Waals surface area contributed by atoms with Gasteiger partial charge in [0.25, 0.3) is 0 Å². The first-order chi connectivity index (χ1) is 7.72. The molecule has 1 nitrogen and oxygen atoms in total. The second-order valence-electron chi connectivity index (χ2n) is 5.64. The Morgan fingerprint density at radius 3 is 2.25 bits per heavy atom. The maximum atomic E-state index is 3.77. The Kier molecular flexibility index (Phi) is 6.98. The molecule has 1 rings (SSSR count). The summed E-state index contributed by atoms with van der Waals surface area (Å²) in [5, 5.41) is 1.19. The lowest BCUT2D eigenvalue weighted by atomic mass is 9.82. The van der Waals surface area contributed by atoms with Gasteiger partial charge in [-0.2, -0.15) is 0 Å². The van der Waals surface area contributed by atoms with Crippen molar-refractivity contribution in [1.82, 2.24) is 4.90 Å². The molecule has 2 heteroatoms. The molecule has 0 atom stereocenters. The molecule has 1 aliphatic rings. The normalized spacial score (nSPS) is 21.0. The summed E-state index contributed by atoms with van der Waals surface area (Å²) in [5.41, 5.74) is 0.568. The first-order valence-electron chi connectivity index (χ1n) is 6.97. The molecule has 0 N–H and O–H groups in total. The van der Waals surface area contributed by atoms with Crippen LogP contribution < -0.4 is 0 Å². The Morgan fingerprint density at radius 1 is 1.12 bits per heavy atom. The van der Waals surface area contributed by atoms with Crippen molar-refractivity contribution in [2.75, 3.05) is 25.5 Å². The van der Waals surface area contributed by atoms with Gasteiger partial charge >= 0.3 is 0 Å². The lowest BCUT2D eigenvalue weighted by Gasteiger charge is -2.35. The molecule has 0 unspecified atom stereocenters. The Labute approximate surface area is 110 Å². The van der Waals surface area contributed by atoms with Crippen molar-refractivity contribution in [3.8, 4) is 0 Å². The molecule has 0 amide bonds. The fraction of sp³-hybridized carbons (Fsp3) is 1.00. The summed E-state index contributed by atoms with van der Waals surface area (Å²) in [6.45, 7) is 4.84. The summed E-state index contributed by atoms with van der Waals surface area (Å²) < 4.78 is 0. The zero-order valence-electron chi connectivity index (χ0n) is 11.1. The second kappa shape index (κ2) is 7.71. The van der Waals surface area contributed by atoms with Crippen LogP contribution in [0.1, 0.15) is 58.3 Å². The van der Waals surface area contributed by atoms with Crippen LogP contribution in [0.15, 0.2) is 0 Å². The van der Waals surface area contributed by atoms with E-state index in [0.29, 0.717) is 5.41 Å². The van der Waals surface area contributed by atoms with Crippen molar-refractivity contribution in [3.63, 3.8) is 0 Å². The number of unbranched alkanes of at least 4 members (excludes halogenated alkanes) is 1. The van der Waals surface area contributed by atoms with Crippen LogP contribution in [-0.2, 0) is 0 Å². The monoisotopic (exact) mass is 289 g/mol. The molecule has 1 aliphatic carbocycles. The summed E-state index contributed by atoms with van der Waals surface area (Å²) in [6.07, 6.45) is 11.3. The predicted octanol–water partition coefficient (Wildman–Crippen LogP) is 4.45. The van der Waals surface area contributed by atoms with Crippen molar-refractivity contribution in [3.05, 3.63) is 0 Å². The highest BCUT2D eigenvalue weighted by Gasteiger charge is 2.30. The van der Waals surface area contributed by atoms with Gasteiger partial charge in [0.15, 0.2) is 0 Å². The molecule has 0 radical (unpaired) electrons. The van der Waals surface area contributed by atoms with E-state index in [-0.39, 0.29) is 0 Å². The van der Waals surface area contributed by atoms with Gasteiger partial charge < -0.3 is 4.90 Å². The number of alkyl halides is 1. The van der Waals surface area contributed by atoms with Crippen molar-refractivity contribution in [2.45, 2.75) is 58.3 Å². The van der Waals surface area contributed by atoms with Gasteiger partial charge in [-0.05, 0) is 38.3 Å². The number of nitrogens with zero attached hydrogens (tertiary/aromatic N) is 1. The molecule has 0 spiro atoms. The zero-order valence-corrected chi connectivity index (χ0v) is 12.7. The molecule has 0 bridgehead atoms. The minimum absolute atomic E-state index is 0.568. The van der Waals surface area contributed by atoms with E-state index in [1.165, 1.54) is 69.8 Å². The fourth-order valence-corrected chi connectivity index (χ4v) is 3.63. The summed E-state index contributed by atoms with van der Waals surface area (Å²) in [4.78, 5) is 2.55. The predicted molar refractivity (Wildman–Crippen MR) is 76.3 cm³/mol. The minimum Gasteiger partial charge on any atom is -0.306 e. The molecule has 96 valence electrons. The molecule has 16 heavy (non-hydrogen) atoms. The van der Waals surface area contributed by atoms with Crippen LogP contribution in [0, 0.1) is 5.41 Å². The first kappa shape index (κ1) is 14.5. The molecule has 0 aliphatic heterocycles. The van der Waals surface area contributed by atoms with Crippen LogP contribution in [0.25, 0.3) is 0 Å². The standard InChI is InChI=1S/C14H28BrN/c1-3-4-11-16(2)13-14(12-15)9-7-5-6-8-10-14/h3-13H2,1-2H3. The maximum Gasteiger partial charge on any atom is 0.0100 e. The van der Waals surface area contributed by atoms with Crippen LogP contribution >= 0.6 is 15.9 Å². The zero-order chi connectivity index (χ0) is 11.9. The summed E-state index contributed by atoms with van der Waals surface area (Å²) in [5.74, 6) is 0. The van der Waals surface area contributed by atoms with Crippen molar-refractivity contribution < 1.29 is 0 Å². The van der Waals surface area contributed by atoms with E-state index in [4.69, 9.17) is 0 Å². The lowest BCUT2D eigenvalue weighted by molar-refractivity contribution is 0.174. The molecular weight excluding hydrogens is 262 g/mol. The van der Waals surface area contributed by atoms with Crippen molar-refractivity contribution in [2.24, 2.45) is 5.41 Å². The number of rotatable bonds is 6. The smallest absolute Gasteiger partial charge is 0.0100 e. The third-order valence-electron chi connectivity index (χ3n) is 3.95. The Morgan fingerprint density at radius 2 is 1.75 bits per heavy atom. The molecule has 1 saturated carbocycles. The van der Waals surface area contributed by atoms with Crippen LogP contribution in [-0.4, -0.2) is 30.4 Å². The third-order valence-corrected chi connectivity index (χ3v) is 5.14. The summed E-state index contributed by atoms with van der Waals surface area (Å²) in [6, 6.07) is 0. The van der Waals surface area contributed by atoms with E-state index >= 15 is 0 Å². The van der Waals surface area contributed by atoms with Gasteiger partial charge in [-0.1, -0.05) is 55.0 Å². The topological polar surface area (TPSA) is 3.24 Å². The minimum atomic E-state index is 0.568. The van der Waals surface area contributed by atoms with Gasteiger partial charge in [0.05, 0.1) is 0 Å². The van der Waals surface area contributed by atoms with Gasteiger partial charge in [-0.3, -0.25) is 0 Å². The molecule has 0 aromatic heterocycles. The number of hydrogen-bond acceptors (Lipinski definition) is 1. The largest absolute Gasteiger partial charge is 0.306 e. The highest BCUT2D eigenvalue weighted by Crippen LogP contribution is 2.37. The molecule has 0 aromatic carbocycles. The highest BCUT2D eigenvalue weighted by molar-refractivity contribution is 9.09. The molecule has 0 heterocycles. The maximum absolute atomic E-state index is 3.77. The van der Waals surface area contributed by atoms with Gasteiger partial charge in [0.2, 0.25) is 0 Å². The van der Waals surface area contributed by atoms with Gasteiger partial charge in [0.1, 0.15) is 0 Å². The Bertz CT molecular complexity index is 174. The van der Waals surface area contributed by atoms with Crippen LogP contribution in [0.2, 0.25) is 0 Å². The average Bonchev–Trinajstić information content (AvgIpc) is 2.52. The van der Waals surface area contributed by atoms with Gasteiger partial charge in [-0.15, -0.1) is 0 Å². The summed E-state index contributed by atoms with van der Waals surface area (Å²) in [7, 11) is 2.30. The van der Waals surface area contributed by atoms with E-state index in [1.807, 2.05) is 0 Å². The highest BCUT2D eigenvalue weighted by atomic mass is 79.9. The molecular formula is C14H28BrN. The van der Waals surface area contributed by atoms with Crippen molar-refractivity contribution in [1.29, 1.82) is 0 Å². The third kappa shape index (κ3) is 4.75. The van der Waals surface area contributed by atoms with Gasteiger partial charge in [0, 0.05) is 11.9 Å². The fourth-order valence-electron chi connectivity index (χ4n) is 2.89. The molecule has 0 aromatic rings. The first-order valence-corrected chi connectivity index (χ1v) is 8.09. The van der Waals surface area contributed by atoms with Crippen LogP contribution in [0.5, 0.6) is 0 Å². The molecule has 0 saturated heterocycles. The quantitative estimate of drug-likeness (QED) is 0.516. The van der Waals surface area contributed by atoms with E-state index in [0.717, 1.165) is 0 Å². The average molecular weight is 290 g/mol. The number of hydrogen-bond donors (Lipinski definition) is 0. The molecule has 1 fully saturated rings. The van der Waals surface area contributed by atoms with Crippen molar-refractivity contribution >= 4 is 15.9 Å². The van der Waals surface area contributed by atoms with E-state index in [1.54, 1.807) is 0 Å². The van der Waals surface area contributed by atoms with E-state index < -0.39 is 0 Å². The SMILES string of the molecule is CCCCN(C)CC1(CBr)CCCCCC1. The lowest BCUT2D eigenvalue weighted by Crippen LogP contribution is -2.37. The van der Waals surface area contributed by atoms with Crippen LogP contribution in [0.3, 0.4) is 0 Å². The van der Waals surface area contributed by atoms with Crippen LogP contribution in [0.4, 0.5) is 0 Å². The van der Waals surface area contributed by atoms with E-state index in [2.05, 4.69) is 34.8 Å². The Hall–Kier alpha value is 0.440. The van der Waals surface area contributed by atoms with Gasteiger partial charge in [-0.25, -0.2) is 0 Å². The second-order valence-corrected chi connectivity index (χ2v) is 6.20. The number of halogens is 1.